The zero-order chi connectivity index (χ0) is 17.4. The van der Waals surface area contributed by atoms with E-state index in [1.807, 2.05) is 56.3 Å². The van der Waals surface area contributed by atoms with E-state index in [4.69, 9.17) is 16.3 Å². The van der Waals surface area contributed by atoms with Gasteiger partial charge in [0.15, 0.2) is 6.61 Å². The number of hydrazone groups is 1. The zero-order valence-corrected chi connectivity index (χ0v) is 14.4. The molecule has 0 spiro atoms. The highest BCUT2D eigenvalue weighted by atomic mass is 35.5. The van der Waals surface area contributed by atoms with Crippen molar-refractivity contribution in [2.24, 2.45) is 5.10 Å². The molecule has 24 heavy (non-hydrogen) atoms. The van der Waals surface area contributed by atoms with Crippen LogP contribution in [0.2, 0.25) is 5.02 Å². The van der Waals surface area contributed by atoms with E-state index in [0.29, 0.717) is 16.5 Å². The number of hydrogen-bond acceptors (Lipinski definition) is 3. The van der Waals surface area contributed by atoms with Crippen LogP contribution in [0.4, 0.5) is 0 Å². The molecule has 4 nitrogen and oxygen atoms in total. The Hall–Kier alpha value is -2.59. The maximum atomic E-state index is 11.8. The first-order valence-corrected chi connectivity index (χ1v) is 7.87. The molecule has 124 valence electrons. The van der Waals surface area contributed by atoms with Crippen molar-refractivity contribution in [2.45, 2.75) is 13.8 Å². The van der Waals surface area contributed by atoms with Crippen LogP contribution in [0.15, 0.2) is 59.7 Å². The van der Waals surface area contributed by atoms with E-state index in [0.717, 1.165) is 11.1 Å². The van der Waals surface area contributed by atoms with E-state index < -0.39 is 0 Å². The lowest BCUT2D eigenvalue weighted by Gasteiger charge is -2.06. The van der Waals surface area contributed by atoms with Gasteiger partial charge in [0.2, 0.25) is 0 Å². The van der Waals surface area contributed by atoms with Crippen molar-refractivity contribution in [3.63, 3.8) is 0 Å². The lowest BCUT2D eigenvalue weighted by molar-refractivity contribution is -0.123. The van der Waals surface area contributed by atoms with Crippen LogP contribution in [0.5, 0.6) is 5.75 Å². The summed E-state index contributed by atoms with van der Waals surface area (Å²) < 4.78 is 5.41. The van der Waals surface area contributed by atoms with Crippen LogP contribution in [0.25, 0.3) is 6.08 Å². The van der Waals surface area contributed by atoms with Gasteiger partial charge in [-0.1, -0.05) is 48.0 Å². The summed E-state index contributed by atoms with van der Waals surface area (Å²) in [5.41, 5.74) is 5.12. The van der Waals surface area contributed by atoms with Crippen molar-refractivity contribution < 1.29 is 9.53 Å². The second kappa shape index (κ2) is 8.89. The second-order valence-electron chi connectivity index (χ2n) is 5.23. The van der Waals surface area contributed by atoms with E-state index in [1.54, 1.807) is 18.2 Å². The normalized spacial score (nSPS) is 11.5. The summed E-state index contributed by atoms with van der Waals surface area (Å²) in [6.45, 7) is 3.57. The standard InChI is InChI=1S/C19H19ClN2O2/c1-14-12-17(10-11-18(14)20)24-13-19(23)22-21-15(2)8-9-16-6-4-3-5-7-16/h3-12H,13H2,1-2H3,(H,22,23)/b9-8+,21-15+. The molecule has 0 unspecified atom stereocenters. The molecule has 0 atom stereocenters. The monoisotopic (exact) mass is 342 g/mol. The first-order valence-electron chi connectivity index (χ1n) is 7.50. The molecule has 0 bridgehead atoms. The third-order valence-corrected chi connectivity index (χ3v) is 3.60. The summed E-state index contributed by atoms with van der Waals surface area (Å²) in [5, 5.41) is 4.68. The van der Waals surface area contributed by atoms with Gasteiger partial charge in [0.05, 0.1) is 5.71 Å². The lowest BCUT2D eigenvalue weighted by Crippen LogP contribution is -2.25. The van der Waals surface area contributed by atoms with E-state index >= 15 is 0 Å². The molecule has 0 saturated heterocycles. The topological polar surface area (TPSA) is 50.7 Å². The van der Waals surface area contributed by atoms with E-state index in [1.165, 1.54) is 0 Å². The van der Waals surface area contributed by atoms with Crippen molar-refractivity contribution in [3.8, 4) is 5.75 Å². The highest BCUT2D eigenvalue weighted by Crippen LogP contribution is 2.20. The van der Waals surface area contributed by atoms with E-state index in [2.05, 4.69) is 10.5 Å². The van der Waals surface area contributed by atoms with Crippen LogP contribution in [-0.2, 0) is 4.79 Å². The fourth-order valence-electron chi connectivity index (χ4n) is 1.86. The maximum Gasteiger partial charge on any atom is 0.277 e. The van der Waals surface area contributed by atoms with Crippen LogP contribution in [0.1, 0.15) is 18.1 Å². The predicted molar refractivity (Wildman–Crippen MR) is 98.4 cm³/mol. The molecule has 0 aromatic heterocycles. The van der Waals surface area contributed by atoms with Gasteiger partial charge < -0.3 is 4.74 Å². The number of allylic oxidation sites excluding steroid dienone is 1. The number of carbonyl (C=O) groups excluding carboxylic acids is 1. The minimum atomic E-state index is -0.324. The molecular formula is C19H19ClN2O2. The molecule has 5 heteroatoms. The fourth-order valence-corrected chi connectivity index (χ4v) is 1.97. The molecule has 0 aliphatic rings. The molecule has 1 amide bonds. The Morgan fingerprint density at radius 1 is 1.25 bits per heavy atom. The number of carbonyl (C=O) groups is 1. The average Bonchev–Trinajstić information content (AvgIpc) is 2.60. The van der Waals surface area contributed by atoms with Crippen molar-refractivity contribution >= 4 is 29.3 Å². The van der Waals surface area contributed by atoms with Gasteiger partial charge in [0, 0.05) is 5.02 Å². The van der Waals surface area contributed by atoms with Gasteiger partial charge in [-0.2, -0.15) is 5.10 Å². The number of hydrogen-bond donors (Lipinski definition) is 1. The number of ether oxygens (including phenoxy) is 1. The molecule has 0 heterocycles. The molecule has 0 aliphatic heterocycles. The smallest absolute Gasteiger partial charge is 0.277 e. The largest absolute Gasteiger partial charge is 0.484 e. The molecule has 0 fully saturated rings. The first kappa shape index (κ1) is 17.8. The Kier molecular flexibility index (Phi) is 6.58. The summed E-state index contributed by atoms with van der Waals surface area (Å²) in [5.74, 6) is 0.270. The Bertz CT molecular complexity index is 755. The number of halogens is 1. The molecule has 0 radical (unpaired) electrons. The summed E-state index contributed by atoms with van der Waals surface area (Å²) in [6.07, 6.45) is 3.76. The summed E-state index contributed by atoms with van der Waals surface area (Å²) in [4.78, 5) is 11.8. The van der Waals surface area contributed by atoms with Crippen molar-refractivity contribution in [1.29, 1.82) is 0 Å². The van der Waals surface area contributed by atoms with Gasteiger partial charge in [0.25, 0.3) is 5.91 Å². The Morgan fingerprint density at radius 2 is 2.00 bits per heavy atom. The number of nitrogens with zero attached hydrogens (tertiary/aromatic N) is 1. The SMILES string of the molecule is CC(/C=C/c1ccccc1)=N\NC(=O)COc1ccc(Cl)c(C)c1. The molecule has 1 N–H and O–H groups in total. The predicted octanol–water partition coefficient (Wildman–Crippen LogP) is 4.23. The van der Waals surface area contributed by atoms with Crippen LogP contribution in [0, 0.1) is 6.92 Å². The fraction of sp³-hybridized carbons (Fsp3) is 0.158. The van der Waals surface area contributed by atoms with Crippen LogP contribution in [0.3, 0.4) is 0 Å². The van der Waals surface area contributed by atoms with Crippen LogP contribution < -0.4 is 10.2 Å². The summed E-state index contributed by atoms with van der Waals surface area (Å²) in [6, 6.07) is 15.1. The van der Waals surface area contributed by atoms with Crippen LogP contribution in [-0.4, -0.2) is 18.2 Å². The number of amides is 1. The van der Waals surface area contributed by atoms with E-state index in [-0.39, 0.29) is 12.5 Å². The zero-order valence-electron chi connectivity index (χ0n) is 13.6. The minimum absolute atomic E-state index is 0.111. The second-order valence-corrected chi connectivity index (χ2v) is 5.64. The van der Waals surface area contributed by atoms with Gasteiger partial charge in [0.1, 0.15) is 5.75 Å². The van der Waals surface area contributed by atoms with Gasteiger partial charge in [-0.15, -0.1) is 0 Å². The van der Waals surface area contributed by atoms with Gasteiger partial charge in [-0.3, -0.25) is 4.79 Å². The van der Waals surface area contributed by atoms with E-state index in [9.17, 15) is 4.79 Å². The first-order chi connectivity index (χ1) is 11.5. The number of aryl methyl sites for hydroxylation is 1. The molecule has 2 aromatic carbocycles. The van der Waals surface area contributed by atoms with Crippen LogP contribution >= 0.6 is 11.6 Å². The van der Waals surface area contributed by atoms with Crippen molar-refractivity contribution in [2.75, 3.05) is 6.61 Å². The number of rotatable bonds is 6. The molecule has 2 rings (SSSR count). The average molecular weight is 343 g/mol. The minimum Gasteiger partial charge on any atom is -0.484 e. The summed E-state index contributed by atoms with van der Waals surface area (Å²) in [7, 11) is 0. The third kappa shape index (κ3) is 5.89. The Morgan fingerprint density at radius 3 is 2.71 bits per heavy atom. The Labute approximate surface area is 146 Å². The Balaban J connectivity index is 1.81. The highest BCUT2D eigenvalue weighted by Gasteiger charge is 2.03. The van der Waals surface area contributed by atoms with Gasteiger partial charge in [-0.05, 0) is 49.2 Å². The quantitative estimate of drug-likeness (QED) is 0.630. The van der Waals surface area contributed by atoms with Gasteiger partial charge in [-0.25, -0.2) is 5.43 Å². The van der Waals surface area contributed by atoms with Crippen molar-refractivity contribution in [1.82, 2.24) is 5.43 Å². The van der Waals surface area contributed by atoms with Gasteiger partial charge >= 0.3 is 0 Å². The number of nitrogens with one attached hydrogen (secondary N) is 1. The number of benzene rings is 2. The molecule has 2 aromatic rings. The maximum absolute atomic E-state index is 11.8. The van der Waals surface area contributed by atoms with Crippen molar-refractivity contribution in [3.05, 3.63) is 70.8 Å². The molecule has 0 aliphatic carbocycles. The molecule has 0 saturated carbocycles. The summed E-state index contributed by atoms with van der Waals surface area (Å²) >= 11 is 5.94. The highest BCUT2D eigenvalue weighted by molar-refractivity contribution is 6.31. The lowest BCUT2D eigenvalue weighted by atomic mass is 10.2. The third-order valence-electron chi connectivity index (χ3n) is 3.17. The molecular weight excluding hydrogens is 324 g/mol.